The molecule has 1 aromatic rings. The lowest BCUT2D eigenvalue weighted by Gasteiger charge is -2.32. The maximum Gasteiger partial charge on any atom is 0.389 e. The number of halogens is 3. The zero-order valence-electron chi connectivity index (χ0n) is 15.2. The quantitative estimate of drug-likeness (QED) is 0.591. The summed E-state index contributed by atoms with van der Waals surface area (Å²) in [5.41, 5.74) is -3.39. The first-order valence-electron chi connectivity index (χ1n) is 8.43. The first kappa shape index (κ1) is 19.4. The van der Waals surface area contributed by atoms with Crippen LogP contribution in [0.15, 0.2) is 35.3 Å². The number of hydrogen-bond acceptors (Lipinski definition) is 5. The maximum absolute atomic E-state index is 13.4. The second kappa shape index (κ2) is 6.07. The topological polar surface area (TPSA) is 65.0 Å². The van der Waals surface area contributed by atoms with Crippen LogP contribution in [0.5, 0.6) is 0 Å². The van der Waals surface area contributed by atoms with Gasteiger partial charge in [-0.15, -0.1) is 0 Å². The summed E-state index contributed by atoms with van der Waals surface area (Å²) in [5.74, 6) is -1.79. The van der Waals surface area contributed by atoms with Crippen molar-refractivity contribution in [3.8, 4) is 0 Å². The first-order chi connectivity index (χ1) is 12.5. The number of aliphatic imine (C=N–C) groups is 1. The van der Waals surface area contributed by atoms with Crippen molar-refractivity contribution in [2.75, 3.05) is 14.2 Å². The molecule has 8 heteroatoms. The molecule has 1 heterocycles. The predicted octanol–water partition coefficient (Wildman–Crippen LogP) is 3.31. The number of rotatable bonds is 4. The highest BCUT2D eigenvalue weighted by Crippen LogP contribution is 2.67. The summed E-state index contributed by atoms with van der Waals surface area (Å²) in [6, 6.07) is 8.80. The van der Waals surface area contributed by atoms with Gasteiger partial charge >= 0.3 is 18.1 Å². The smallest absolute Gasteiger partial charge is 0.389 e. The van der Waals surface area contributed by atoms with E-state index in [1.807, 2.05) is 0 Å². The second-order valence-electron chi connectivity index (χ2n) is 7.46. The van der Waals surface area contributed by atoms with Crippen molar-refractivity contribution in [3.05, 3.63) is 35.9 Å². The van der Waals surface area contributed by atoms with Crippen LogP contribution in [0.3, 0.4) is 0 Å². The van der Waals surface area contributed by atoms with E-state index in [0.717, 1.165) is 14.2 Å². The zero-order chi connectivity index (χ0) is 20.1. The van der Waals surface area contributed by atoms with Gasteiger partial charge in [0.25, 0.3) is 0 Å². The number of carbonyl (C=O) groups is 2. The number of esters is 2. The molecule has 0 saturated heterocycles. The van der Waals surface area contributed by atoms with Crippen molar-refractivity contribution < 1.29 is 32.2 Å². The van der Waals surface area contributed by atoms with Gasteiger partial charge in [0, 0.05) is 11.8 Å². The summed E-state index contributed by atoms with van der Waals surface area (Å²) >= 11 is 0. The zero-order valence-corrected chi connectivity index (χ0v) is 15.2. The third-order valence-electron chi connectivity index (χ3n) is 5.68. The Morgan fingerprint density at radius 3 is 2.11 bits per heavy atom. The highest BCUT2D eigenvalue weighted by molar-refractivity contribution is 6.19. The van der Waals surface area contributed by atoms with Gasteiger partial charge in [0.2, 0.25) is 0 Å². The molecule has 3 rings (SSSR count). The van der Waals surface area contributed by atoms with Crippen LogP contribution >= 0.6 is 0 Å². The molecule has 146 valence electrons. The second-order valence-corrected chi connectivity index (χ2v) is 7.46. The van der Waals surface area contributed by atoms with Crippen LogP contribution in [0.25, 0.3) is 0 Å². The van der Waals surface area contributed by atoms with Crippen molar-refractivity contribution in [3.63, 3.8) is 0 Å². The van der Waals surface area contributed by atoms with Gasteiger partial charge in [0.1, 0.15) is 5.54 Å². The maximum atomic E-state index is 13.4. The van der Waals surface area contributed by atoms with Crippen LogP contribution in [0, 0.1) is 10.8 Å². The number of alkyl halides is 3. The molecule has 0 N–H and O–H groups in total. The van der Waals surface area contributed by atoms with E-state index < -0.39 is 40.9 Å². The highest BCUT2D eigenvalue weighted by Gasteiger charge is 2.75. The number of hydrogen-bond donors (Lipinski definition) is 0. The first-order valence-corrected chi connectivity index (χ1v) is 8.43. The van der Waals surface area contributed by atoms with Crippen molar-refractivity contribution in [2.24, 2.45) is 15.8 Å². The van der Waals surface area contributed by atoms with Crippen molar-refractivity contribution >= 4 is 17.7 Å². The molecule has 5 nitrogen and oxygen atoms in total. The monoisotopic (exact) mass is 383 g/mol. The van der Waals surface area contributed by atoms with Gasteiger partial charge in [-0.25, -0.2) is 0 Å². The molecule has 0 amide bonds. The van der Waals surface area contributed by atoms with Crippen LogP contribution in [0.2, 0.25) is 0 Å². The van der Waals surface area contributed by atoms with Gasteiger partial charge in [-0.2, -0.15) is 13.2 Å². The van der Waals surface area contributed by atoms with Gasteiger partial charge in [0.05, 0.1) is 26.4 Å². The third kappa shape index (κ3) is 2.91. The van der Waals surface area contributed by atoms with Gasteiger partial charge in [-0.1, -0.05) is 37.3 Å². The van der Waals surface area contributed by atoms with E-state index in [0.29, 0.717) is 11.3 Å². The van der Waals surface area contributed by atoms with Crippen LogP contribution in [-0.2, 0) is 19.1 Å². The molecule has 0 radical (unpaired) electrons. The molecule has 2 aliphatic rings. The molecule has 1 spiro atoms. The molecule has 1 fully saturated rings. The van der Waals surface area contributed by atoms with Gasteiger partial charge in [0.15, 0.2) is 5.41 Å². The van der Waals surface area contributed by atoms with Gasteiger partial charge in [-0.05, 0) is 12.0 Å². The molecule has 1 saturated carbocycles. The Morgan fingerprint density at radius 2 is 1.63 bits per heavy atom. The molecule has 0 bridgehead atoms. The SMILES string of the molecule is COC(=O)C1(C(=O)OC)C[C@@](C)(CC(F)(F)F)[C@]2(C1)N=C2c1ccccc1. The van der Waals surface area contributed by atoms with Gasteiger partial charge < -0.3 is 9.47 Å². The summed E-state index contributed by atoms with van der Waals surface area (Å²) in [6.07, 6.45) is -6.20. The van der Waals surface area contributed by atoms with Crippen LogP contribution in [0.4, 0.5) is 13.2 Å². The third-order valence-corrected chi connectivity index (χ3v) is 5.68. The molecule has 1 aliphatic carbocycles. The fourth-order valence-electron chi connectivity index (χ4n) is 4.55. The van der Waals surface area contributed by atoms with Gasteiger partial charge in [-0.3, -0.25) is 14.6 Å². The standard InChI is InChI=1S/C19H20F3NO4/c1-16(10-19(20,21)22)9-17(14(24)26-2,15(25)27-3)11-18(16)13(23-18)12-7-5-4-6-8-12/h4-8H,9-11H2,1-3H3/t16-,18+/m0/s1. The van der Waals surface area contributed by atoms with E-state index in [4.69, 9.17) is 9.47 Å². The predicted molar refractivity (Wildman–Crippen MR) is 90.2 cm³/mol. The number of methoxy groups -OCH3 is 2. The lowest BCUT2D eigenvalue weighted by Crippen LogP contribution is -2.40. The van der Waals surface area contributed by atoms with Crippen LogP contribution < -0.4 is 0 Å². The van der Waals surface area contributed by atoms with E-state index in [9.17, 15) is 22.8 Å². The fraction of sp³-hybridized carbons (Fsp3) is 0.526. The molecular formula is C19H20F3NO4. The minimum Gasteiger partial charge on any atom is -0.468 e. The van der Waals surface area contributed by atoms with Crippen molar-refractivity contribution in [2.45, 2.75) is 37.9 Å². The molecule has 0 aromatic heterocycles. The average molecular weight is 383 g/mol. The lowest BCUT2D eigenvalue weighted by atomic mass is 9.72. The lowest BCUT2D eigenvalue weighted by molar-refractivity contribution is -0.173. The Labute approximate surface area is 154 Å². The minimum absolute atomic E-state index is 0.198. The van der Waals surface area contributed by atoms with E-state index in [1.54, 1.807) is 30.3 Å². The molecule has 0 unspecified atom stereocenters. The molecule has 1 aliphatic heterocycles. The minimum atomic E-state index is -4.48. The number of ether oxygens (including phenoxy) is 2. The number of carbonyl (C=O) groups excluding carboxylic acids is 2. The van der Waals surface area contributed by atoms with E-state index >= 15 is 0 Å². The van der Waals surface area contributed by atoms with Crippen LogP contribution in [0.1, 0.15) is 31.7 Å². The highest BCUT2D eigenvalue weighted by atomic mass is 19.4. The Kier molecular flexibility index (Phi) is 4.36. The van der Waals surface area contributed by atoms with Crippen molar-refractivity contribution in [1.82, 2.24) is 0 Å². The molecular weight excluding hydrogens is 363 g/mol. The van der Waals surface area contributed by atoms with E-state index in [1.165, 1.54) is 6.92 Å². The normalized spacial score (nSPS) is 28.6. The number of benzene rings is 1. The summed E-state index contributed by atoms with van der Waals surface area (Å²) in [5, 5.41) is 0. The Hall–Kier alpha value is -2.38. The molecule has 1 aromatic carbocycles. The van der Waals surface area contributed by atoms with E-state index in [2.05, 4.69) is 4.99 Å². The van der Waals surface area contributed by atoms with Crippen molar-refractivity contribution in [1.29, 1.82) is 0 Å². The average Bonchev–Trinajstić information content (AvgIpc) is 3.28. The Bertz CT molecular complexity index is 789. The summed E-state index contributed by atoms with van der Waals surface area (Å²) in [6.45, 7) is 1.42. The summed E-state index contributed by atoms with van der Waals surface area (Å²) in [4.78, 5) is 29.4. The number of nitrogens with zero attached hydrogens (tertiary/aromatic N) is 1. The van der Waals surface area contributed by atoms with E-state index in [-0.39, 0.29) is 12.8 Å². The Balaban J connectivity index is 2.08. The molecule has 27 heavy (non-hydrogen) atoms. The summed E-state index contributed by atoms with van der Waals surface area (Å²) in [7, 11) is 2.20. The summed E-state index contributed by atoms with van der Waals surface area (Å²) < 4.78 is 49.7. The fourth-order valence-corrected chi connectivity index (χ4v) is 4.55. The Morgan fingerprint density at radius 1 is 1.07 bits per heavy atom. The molecule has 2 atom stereocenters. The largest absolute Gasteiger partial charge is 0.468 e. The van der Waals surface area contributed by atoms with Crippen LogP contribution in [-0.4, -0.2) is 43.6 Å².